The van der Waals surface area contributed by atoms with Crippen molar-refractivity contribution < 1.29 is 13.5 Å². The van der Waals surface area contributed by atoms with E-state index in [-0.39, 0.29) is 18.0 Å². The number of aliphatic hydroxyl groups excluding tert-OH is 1. The van der Waals surface area contributed by atoms with Crippen molar-refractivity contribution >= 4 is 10.0 Å². The molecule has 0 spiro atoms. The molecule has 2 heterocycles. The highest BCUT2D eigenvalue weighted by molar-refractivity contribution is 7.89. The number of rotatable bonds is 6. The molecule has 0 atom stereocenters. The third kappa shape index (κ3) is 2.97. The van der Waals surface area contributed by atoms with E-state index < -0.39 is 10.0 Å². The molecular weight excluding hydrogens is 256 g/mol. The molecule has 0 unspecified atom stereocenters. The quantitative estimate of drug-likeness (QED) is 0.670. The molecule has 18 heavy (non-hydrogen) atoms. The van der Waals surface area contributed by atoms with Gasteiger partial charge in [-0.1, -0.05) is 0 Å². The molecule has 0 saturated heterocycles. The molecule has 0 saturated carbocycles. The van der Waals surface area contributed by atoms with E-state index in [0.717, 1.165) is 0 Å². The van der Waals surface area contributed by atoms with Gasteiger partial charge in [0.1, 0.15) is 0 Å². The standard InChI is InChI=1S/C10H14N4O3S/c15-8-9-6-10(7-11-9)18(16,17)13-3-5-14-4-1-2-12-14/h1-2,4,6-7,11,13,15H,3,5,8H2. The monoisotopic (exact) mass is 270 g/mol. The molecular formula is C10H14N4O3S. The number of hydrogen-bond donors (Lipinski definition) is 3. The molecule has 0 amide bonds. The predicted molar refractivity (Wildman–Crippen MR) is 64.1 cm³/mol. The van der Waals surface area contributed by atoms with Crippen molar-refractivity contribution in [3.8, 4) is 0 Å². The summed E-state index contributed by atoms with van der Waals surface area (Å²) < 4.78 is 27.8. The van der Waals surface area contributed by atoms with Crippen LogP contribution in [0.5, 0.6) is 0 Å². The number of aromatic amines is 1. The van der Waals surface area contributed by atoms with Gasteiger partial charge in [0.2, 0.25) is 10.0 Å². The van der Waals surface area contributed by atoms with Crippen LogP contribution in [0.3, 0.4) is 0 Å². The Morgan fingerprint density at radius 2 is 2.33 bits per heavy atom. The Kier molecular flexibility index (Phi) is 3.80. The van der Waals surface area contributed by atoms with E-state index in [1.54, 1.807) is 23.1 Å². The van der Waals surface area contributed by atoms with Crippen LogP contribution in [0.2, 0.25) is 0 Å². The average Bonchev–Trinajstić information content (AvgIpc) is 2.99. The van der Waals surface area contributed by atoms with Gasteiger partial charge in [0, 0.05) is 30.8 Å². The van der Waals surface area contributed by atoms with Gasteiger partial charge in [0.15, 0.2) is 0 Å². The van der Waals surface area contributed by atoms with Crippen LogP contribution in [-0.4, -0.2) is 34.8 Å². The third-order valence-electron chi connectivity index (χ3n) is 2.39. The lowest BCUT2D eigenvalue weighted by atomic mass is 10.5. The van der Waals surface area contributed by atoms with Crippen LogP contribution in [0.15, 0.2) is 35.6 Å². The topological polar surface area (TPSA) is 100 Å². The van der Waals surface area contributed by atoms with Gasteiger partial charge in [-0.05, 0) is 12.1 Å². The SMILES string of the molecule is O=S(=O)(NCCn1cccn1)c1c[nH]c(CO)c1. The number of nitrogens with one attached hydrogen (secondary N) is 2. The first-order valence-electron chi connectivity index (χ1n) is 5.37. The predicted octanol–water partition coefficient (Wildman–Crippen LogP) is -0.318. The minimum absolute atomic E-state index is 0.118. The van der Waals surface area contributed by atoms with Gasteiger partial charge < -0.3 is 10.1 Å². The molecule has 8 heteroatoms. The molecule has 0 aliphatic carbocycles. The summed E-state index contributed by atoms with van der Waals surface area (Å²) >= 11 is 0. The smallest absolute Gasteiger partial charge is 0.242 e. The second-order valence-corrected chi connectivity index (χ2v) is 5.45. The van der Waals surface area contributed by atoms with Gasteiger partial charge >= 0.3 is 0 Å². The maximum absolute atomic E-state index is 11.8. The Labute approximate surface area is 105 Å². The first kappa shape index (κ1) is 12.8. The highest BCUT2D eigenvalue weighted by Crippen LogP contribution is 2.10. The Bertz CT molecular complexity index is 588. The zero-order chi connectivity index (χ0) is 13.0. The summed E-state index contributed by atoms with van der Waals surface area (Å²) in [7, 11) is -3.54. The second kappa shape index (κ2) is 5.34. The molecule has 7 nitrogen and oxygen atoms in total. The largest absolute Gasteiger partial charge is 0.390 e. The molecule has 2 aromatic rings. The second-order valence-electron chi connectivity index (χ2n) is 3.69. The number of H-pyrrole nitrogens is 1. The molecule has 0 aliphatic rings. The number of nitrogens with zero attached hydrogens (tertiary/aromatic N) is 2. The van der Waals surface area contributed by atoms with E-state index in [0.29, 0.717) is 12.2 Å². The van der Waals surface area contributed by atoms with Gasteiger partial charge in [-0.2, -0.15) is 5.10 Å². The van der Waals surface area contributed by atoms with Crippen LogP contribution in [0.25, 0.3) is 0 Å². The van der Waals surface area contributed by atoms with Gasteiger partial charge in [0.25, 0.3) is 0 Å². The number of aromatic nitrogens is 3. The first-order chi connectivity index (χ1) is 8.62. The maximum Gasteiger partial charge on any atom is 0.242 e. The number of hydrogen-bond acceptors (Lipinski definition) is 4. The first-order valence-corrected chi connectivity index (χ1v) is 6.85. The van der Waals surface area contributed by atoms with Crippen LogP contribution in [0.1, 0.15) is 5.69 Å². The Hall–Kier alpha value is -1.64. The van der Waals surface area contributed by atoms with Crippen LogP contribution >= 0.6 is 0 Å². The van der Waals surface area contributed by atoms with E-state index in [1.807, 2.05) is 0 Å². The van der Waals surface area contributed by atoms with Crippen molar-refractivity contribution in [2.24, 2.45) is 0 Å². The van der Waals surface area contributed by atoms with Crippen molar-refractivity contribution in [2.45, 2.75) is 18.0 Å². The van der Waals surface area contributed by atoms with Gasteiger partial charge in [0.05, 0.1) is 18.0 Å². The van der Waals surface area contributed by atoms with Crippen LogP contribution < -0.4 is 4.72 Å². The van der Waals surface area contributed by atoms with E-state index in [9.17, 15) is 8.42 Å². The van der Waals surface area contributed by atoms with Crippen LogP contribution in [0.4, 0.5) is 0 Å². The molecule has 0 aliphatic heterocycles. The lowest BCUT2D eigenvalue weighted by molar-refractivity contribution is 0.277. The van der Waals surface area contributed by atoms with E-state index in [2.05, 4.69) is 14.8 Å². The summed E-state index contributed by atoms with van der Waals surface area (Å²) in [5.41, 5.74) is 0.461. The van der Waals surface area contributed by atoms with Crippen molar-refractivity contribution in [1.29, 1.82) is 0 Å². The van der Waals surface area contributed by atoms with Crippen LogP contribution in [-0.2, 0) is 23.2 Å². The van der Waals surface area contributed by atoms with Crippen molar-refractivity contribution in [2.75, 3.05) is 6.54 Å². The zero-order valence-electron chi connectivity index (χ0n) is 9.57. The van der Waals surface area contributed by atoms with Gasteiger partial charge in [-0.3, -0.25) is 4.68 Å². The minimum atomic E-state index is -3.54. The van der Waals surface area contributed by atoms with Crippen molar-refractivity contribution in [3.05, 3.63) is 36.4 Å². The fourth-order valence-electron chi connectivity index (χ4n) is 1.48. The lowest BCUT2D eigenvalue weighted by Gasteiger charge is -2.04. The highest BCUT2D eigenvalue weighted by atomic mass is 32.2. The maximum atomic E-state index is 11.8. The highest BCUT2D eigenvalue weighted by Gasteiger charge is 2.15. The molecule has 3 N–H and O–H groups in total. The van der Waals surface area contributed by atoms with E-state index >= 15 is 0 Å². The number of sulfonamides is 1. The van der Waals surface area contributed by atoms with E-state index in [4.69, 9.17) is 5.11 Å². The Morgan fingerprint density at radius 1 is 1.50 bits per heavy atom. The minimum Gasteiger partial charge on any atom is -0.390 e. The molecule has 98 valence electrons. The zero-order valence-corrected chi connectivity index (χ0v) is 10.4. The van der Waals surface area contributed by atoms with Gasteiger partial charge in [-0.25, -0.2) is 13.1 Å². The molecule has 0 fully saturated rings. The summed E-state index contributed by atoms with van der Waals surface area (Å²) in [4.78, 5) is 2.80. The summed E-state index contributed by atoms with van der Waals surface area (Å²) in [6.07, 6.45) is 4.74. The average molecular weight is 270 g/mol. The fourth-order valence-corrected chi connectivity index (χ4v) is 2.51. The molecule has 2 rings (SSSR count). The third-order valence-corrected chi connectivity index (χ3v) is 3.83. The van der Waals surface area contributed by atoms with Crippen molar-refractivity contribution in [1.82, 2.24) is 19.5 Å². The van der Waals surface area contributed by atoms with E-state index in [1.165, 1.54) is 12.3 Å². The summed E-state index contributed by atoms with van der Waals surface area (Å²) in [5, 5.41) is 12.8. The lowest BCUT2D eigenvalue weighted by Crippen LogP contribution is -2.27. The van der Waals surface area contributed by atoms with Crippen LogP contribution in [0, 0.1) is 0 Å². The normalized spacial score (nSPS) is 11.8. The Balaban J connectivity index is 1.95. The Morgan fingerprint density at radius 3 is 2.94 bits per heavy atom. The molecule has 0 bridgehead atoms. The van der Waals surface area contributed by atoms with Gasteiger partial charge in [-0.15, -0.1) is 0 Å². The fraction of sp³-hybridized carbons (Fsp3) is 0.300. The number of aliphatic hydroxyl groups is 1. The molecule has 2 aromatic heterocycles. The summed E-state index contributed by atoms with van der Waals surface area (Å²) in [5.74, 6) is 0. The summed E-state index contributed by atoms with van der Waals surface area (Å²) in [6, 6.07) is 3.17. The summed E-state index contributed by atoms with van der Waals surface area (Å²) in [6.45, 7) is 0.496. The molecule has 0 radical (unpaired) electrons. The molecule has 0 aromatic carbocycles. The van der Waals surface area contributed by atoms with Crippen molar-refractivity contribution in [3.63, 3.8) is 0 Å².